The number of halogens is 5. The molecule has 26 heavy (non-hydrogen) atoms. The van der Waals surface area contributed by atoms with Gasteiger partial charge < -0.3 is 9.64 Å². The van der Waals surface area contributed by atoms with E-state index in [4.69, 9.17) is 12.2 Å². The Bertz CT molecular complexity index is 773. The van der Waals surface area contributed by atoms with Crippen LogP contribution in [0.25, 0.3) is 0 Å². The van der Waals surface area contributed by atoms with E-state index >= 15 is 0 Å². The molecule has 5 nitrogen and oxygen atoms in total. The molecule has 1 aliphatic rings. The summed E-state index contributed by atoms with van der Waals surface area (Å²) in [5.41, 5.74) is -1.48. The Hall–Kier alpha value is -2.30. The van der Waals surface area contributed by atoms with Gasteiger partial charge in [-0.25, -0.2) is 31.6 Å². The van der Waals surface area contributed by atoms with Gasteiger partial charge in [0.2, 0.25) is 5.82 Å². The third kappa shape index (κ3) is 3.00. The Balaban J connectivity index is 2.56. The molecule has 1 saturated heterocycles. The van der Waals surface area contributed by atoms with E-state index in [0.29, 0.717) is 0 Å². The first-order valence-electron chi connectivity index (χ1n) is 7.27. The highest BCUT2D eigenvalue weighted by Gasteiger charge is 2.45. The van der Waals surface area contributed by atoms with Gasteiger partial charge in [0.1, 0.15) is 18.3 Å². The van der Waals surface area contributed by atoms with Crippen LogP contribution in [-0.4, -0.2) is 41.6 Å². The van der Waals surface area contributed by atoms with Crippen molar-refractivity contribution < 1.29 is 36.3 Å². The van der Waals surface area contributed by atoms with Crippen LogP contribution in [0.1, 0.15) is 13.8 Å². The SMILES string of the molecule is COC(=O)C(C(C)C)N1CC(=O)N(c2c(F)c(F)c(F)c(F)c2F)C1=S. The maximum Gasteiger partial charge on any atom is 0.328 e. The lowest BCUT2D eigenvalue weighted by molar-refractivity contribution is -0.146. The van der Waals surface area contributed by atoms with E-state index < -0.39 is 70.3 Å². The lowest BCUT2D eigenvalue weighted by atomic mass is 10.0. The number of rotatable bonds is 4. The maximum absolute atomic E-state index is 14.0. The van der Waals surface area contributed by atoms with Crippen molar-refractivity contribution in [3.8, 4) is 0 Å². The second-order valence-corrected chi connectivity index (χ2v) is 6.14. The van der Waals surface area contributed by atoms with E-state index in [1.54, 1.807) is 13.8 Å². The van der Waals surface area contributed by atoms with Crippen LogP contribution in [0.3, 0.4) is 0 Å². The molecule has 142 valence electrons. The average molecular weight is 396 g/mol. The molecule has 1 atom stereocenters. The van der Waals surface area contributed by atoms with Crippen LogP contribution >= 0.6 is 12.2 Å². The van der Waals surface area contributed by atoms with Crippen LogP contribution in [0, 0.1) is 35.0 Å². The highest BCUT2D eigenvalue weighted by Crippen LogP contribution is 2.34. The number of thiocarbonyl (C=S) groups is 1. The summed E-state index contributed by atoms with van der Waals surface area (Å²) in [6.45, 7) is 2.63. The number of carbonyl (C=O) groups excluding carboxylic acids is 2. The Morgan fingerprint density at radius 3 is 1.92 bits per heavy atom. The van der Waals surface area contributed by atoms with Crippen LogP contribution in [0.5, 0.6) is 0 Å². The number of nitrogens with zero attached hydrogens (tertiary/aromatic N) is 2. The minimum Gasteiger partial charge on any atom is -0.467 e. The summed E-state index contributed by atoms with van der Waals surface area (Å²) in [4.78, 5) is 25.4. The first-order chi connectivity index (χ1) is 12.0. The fraction of sp³-hybridized carbons (Fsp3) is 0.400. The van der Waals surface area contributed by atoms with E-state index in [0.717, 1.165) is 12.0 Å². The molecule has 0 radical (unpaired) electrons. The van der Waals surface area contributed by atoms with Crippen molar-refractivity contribution in [1.82, 2.24) is 4.90 Å². The number of esters is 1. The van der Waals surface area contributed by atoms with Gasteiger partial charge in [0.15, 0.2) is 28.4 Å². The van der Waals surface area contributed by atoms with Crippen LogP contribution in [0.15, 0.2) is 0 Å². The number of anilines is 1. The fourth-order valence-electron chi connectivity index (χ4n) is 2.63. The lowest BCUT2D eigenvalue weighted by Crippen LogP contribution is -2.47. The van der Waals surface area contributed by atoms with Crippen LogP contribution in [0.4, 0.5) is 27.6 Å². The summed E-state index contributed by atoms with van der Waals surface area (Å²) in [6, 6.07) is -1.08. The molecule has 0 aliphatic carbocycles. The highest BCUT2D eigenvalue weighted by molar-refractivity contribution is 7.80. The molecule has 1 unspecified atom stereocenters. The third-order valence-electron chi connectivity index (χ3n) is 3.81. The predicted octanol–water partition coefficient (Wildman–Crippen LogP) is 2.51. The quantitative estimate of drug-likeness (QED) is 0.257. The predicted molar refractivity (Wildman–Crippen MR) is 83.7 cm³/mol. The van der Waals surface area contributed by atoms with Gasteiger partial charge in [-0.2, -0.15) is 0 Å². The van der Waals surface area contributed by atoms with E-state index in [-0.39, 0.29) is 4.90 Å². The second-order valence-electron chi connectivity index (χ2n) is 5.77. The van der Waals surface area contributed by atoms with Gasteiger partial charge in [0.05, 0.1) is 7.11 Å². The zero-order valence-corrected chi connectivity index (χ0v) is 14.6. The third-order valence-corrected chi connectivity index (χ3v) is 4.23. The number of carbonyl (C=O) groups is 2. The van der Waals surface area contributed by atoms with Gasteiger partial charge >= 0.3 is 5.97 Å². The van der Waals surface area contributed by atoms with Gasteiger partial charge in [-0.05, 0) is 18.1 Å². The second kappa shape index (κ2) is 7.14. The van der Waals surface area contributed by atoms with E-state index in [1.807, 2.05) is 0 Å². The van der Waals surface area contributed by atoms with Gasteiger partial charge in [-0.3, -0.25) is 4.79 Å². The molecule has 1 aromatic rings. The zero-order chi connectivity index (χ0) is 19.9. The first kappa shape index (κ1) is 20.0. The van der Waals surface area contributed by atoms with Crippen molar-refractivity contribution in [2.45, 2.75) is 19.9 Å². The Morgan fingerprint density at radius 2 is 1.50 bits per heavy atom. The largest absolute Gasteiger partial charge is 0.467 e. The molecule has 0 aromatic heterocycles. The van der Waals surface area contributed by atoms with Crippen molar-refractivity contribution >= 4 is 34.9 Å². The van der Waals surface area contributed by atoms with Crippen LogP contribution in [-0.2, 0) is 14.3 Å². The summed E-state index contributed by atoms with van der Waals surface area (Å²) in [7, 11) is 1.10. The van der Waals surface area contributed by atoms with Crippen molar-refractivity contribution in [2.24, 2.45) is 5.92 Å². The number of hydrogen-bond acceptors (Lipinski definition) is 4. The number of amides is 1. The van der Waals surface area contributed by atoms with Gasteiger partial charge in [-0.15, -0.1) is 0 Å². The van der Waals surface area contributed by atoms with Crippen molar-refractivity contribution in [2.75, 3.05) is 18.6 Å². The molecule has 11 heteroatoms. The van der Waals surface area contributed by atoms with Crippen LogP contribution < -0.4 is 4.90 Å². The van der Waals surface area contributed by atoms with Crippen molar-refractivity contribution in [3.05, 3.63) is 29.1 Å². The molecule has 0 bridgehead atoms. The zero-order valence-electron chi connectivity index (χ0n) is 13.8. The minimum absolute atomic E-state index is 0.198. The molecule has 2 rings (SSSR count). The monoisotopic (exact) mass is 396 g/mol. The fourth-order valence-corrected chi connectivity index (χ4v) is 3.00. The van der Waals surface area contributed by atoms with E-state index in [9.17, 15) is 31.5 Å². The number of methoxy groups -OCH3 is 1. The number of hydrogen-bond donors (Lipinski definition) is 0. The summed E-state index contributed by atoms with van der Waals surface area (Å²) < 4.78 is 72.8. The number of ether oxygens (including phenoxy) is 1. The molecule has 0 spiro atoms. The Morgan fingerprint density at radius 1 is 1.04 bits per heavy atom. The molecule has 1 amide bonds. The maximum atomic E-state index is 14.0. The molecular formula is C15H13F5N2O3S. The van der Waals surface area contributed by atoms with Gasteiger partial charge in [0.25, 0.3) is 5.91 Å². The molecular weight excluding hydrogens is 383 g/mol. The standard InChI is InChI=1S/C15H13F5N2O3S/c1-5(2)12(14(24)25-3)21-4-6(23)22(15(21)26)13-10(19)8(17)7(16)9(18)11(13)20/h5,12H,4H2,1-3H3. The normalized spacial score (nSPS) is 15.9. The molecule has 1 aliphatic heterocycles. The van der Waals surface area contributed by atoms with Crippen molar-refractivity contribution in [1.29, 1.82) is 0 Å². The summed E-state index contributed by atoms with van der Waals surface area (Å²) in [5.74, 6) is -13.4. The Labute approximate surface area is 150 Å². The summed E-state index contributed by atoms with van der Waals surface area (Å²) >= 11 is 4.97. The van der Waals surface area contributed by atoms with E-state index in [2.05, 4.69) is 4.74 Å². The summed E-state index contributed by atoms with van der Waals surface area (Å²) in [6.07, 6.45) is 0. The van der Waals surface area contributed by atoms with Gasteiger partial charge in [-0.1, -0.05) is 13.8 Å². The van der Waals surface area contributed by atoms with Crippen LogP contribution in [0.2, 0.25) is 0 Å². The Kier molecular flexibility index (Phi) is 5.49. The minimum atomic E-state index is -2.35. The summed E-state index contributed by atoms with van der Waals surface area (Å²) in [5, 5.41) is -0.567. The topological polar surface area (TPSA) is 49.9 Å². The lowest BCUT2D eigenvalue weighted by Gasteiger charge is -2.29. The molecule has 1 aromatic carbocycles. The molecule has 1 fully saturated rings. The average Bonchev–Trinajstić information content (AvgIpc) is 2.86. The van der Waals surface area contributed by atoms with Crippen molar-refractivity contribution in [3.63, 3.8) is 0 Å². The molecule has 0 saturated carbocycles. The van der Waals surface area contributed by atoms with E-state index in [1.165, 1.54) is 0 Å². The smallest absolute Gasteiger partial charge is 0.328 e. The molecule has 1 heterocycles. The number of benzene rings is 1. The highest BCUT2D eigenvalue weighted by atomic mass is 32.1. The molecule has 0 N–H and O–H groups in total. The van der Waals surface area contributed by atoms with Gasteiger partial charge in [0, 0.05) is 0 Å². The first-order valence-corrected chi connectivity index (χ1v) is 7.68.